The van der Waals surface area contributed by atoms with Crippen molar-refractivity contribution in [3.63, 3.8) is 0 Å². The van der Waals surface area contributed by atoms with Crippen molar-refractivity contribution in [1.29, 1.82) is 0 Å². The van der Waals surface area contributed by atoms with Crippen molar-refractivity contribution in [3.8, 4) is 0 Å². The molecule has 0 spiro atoms. The number of imidazole rings is 1. The lowest BCUT2D eigenvalue weighted by Gasteiger charge is -2.30. The molecule has 7 nitrogen and oxygen atoms in total. The maximum absolute atomic E-state index is 13.8. The molecule has 1 aliphatic heterocycles. The van der Waals surface area contributed by atoms with E-state index in [1.54, 1.807) is 18.6 Å². The summed E-state index contributed by atoms with van der Waals surface area (Å²) in [5.74, 6) is -1.09. The van der Waals surface area contributed by atoms with Gasteiger partial charge in [0.25, 0.3) is 0 Å². The van der Waals surface area contributed by atoms with E-state index in [0.717, 1.165) is 13.0 Å². The van der Waals surface area contributed by atoms with Crippen LogP contribution in [0.5, 0.6) is 0 Å². The van der Waals surface area contributed by atoms with E-state index >= 15 is 0 Å². The van der Waals surface area contributed by atoms with Gasteiger partial charge in [0.15, 0.2) is 0 Å². The van der Waals surface area contributed by atoms with Gasteiger partial charge >= 0.3 is 0 Å². The standard InChI is InChI=1S/C19H25FN4O3S/c20-18-5-2-1-4-17(18)14-28(26,27)24-11-6-16(7-12-24)19(25)22-8-3-10-23-13-9-21-15-23/h1-2,4-5,9,13,15-16H,3,6-8,10-12,14H2,(H,22,25). The Morgan fingerprint density at radius 1 is 1.25 bits per heavy atom. The van der Waals surface area contributed by atoms with Crippen LogP contribution in [-0.2, 0) is 27.1 Å². The van der Waals surface area contributed by atoms with Crippen molar-refractivity contribution in [3.05, 3.63) is 54.4 Å². The van der Waals surface area contributed by atoms with E-state index in [0.29, 0.717) is 19.4 Å². The molecule has 1 saturated heterocycles. The highest BCUT2D eigenvalue weighted by atomic mass is 32.2. The van der Waals surface area contributed by atoms with Crippen LogP contribution in [0, 0.1) is 11.7 Å². The summed E-state index contributed by atoms with van der Waals surface area (Å²) in [7, 11) is -3.60. The Kier molecular flexibility index (Phi) is 6.79. The third-order valence-corrected chi connectivity index (χ3v) is 6.79. The van der Waals surface area contributed by atoms with Gasteiger partial charge in [-0.2, -0.15) is 0 Å². The molecule has 1 N–H and O–H groups in total. The van der Waals surface area contributed by atoms with Crippen LogP contribution in [0.3, 0.4) is 0 Å². The van der Waals surface area contributed by atoms with Gasteiger partial charge in [-0.25, -0.2) is 22.1 Å². The van der Waals surface area contributed by atoms with Gasteiger partial charge in [0.05, 0.1) is 12.1 Å². The number of aryl methyl sites for hydroxylation is 1. The van der Waals surface area contributed by atoms with Crippen molar-refractivity contribution in [2.24, 2.45) is 5.92 Å². The Morgan fingerprint density at radius 3 is 2.68 bits per heavy atom. The van der Waals surface area contributed by atoms with Crippen molar-refractivity contribution in [2.45, 2.75) is 31.6 Å². The van der Waals surface area contributed by atoms with Crippen LogP contribution in [0.2, 0.25) is 0 Å². The Bertz CT molecular complexity index is 878. The molecule has 3 rings (SSSR count). The Balaban J connectivity index is 1.43. The fraction of sp³-hybridized carbons (Fsp3) is 0.474. The van der Waals surface area contributed by atoms with Gasteiger partial charge < -0.3 is 9.88 Å². The van der Waals surface area contributed by atoms with E-state index in [4.69, 9.17) is 0 Å². The van der Waals surface area contributed by atoms with Crippen LogP contribution < -0.4 is 5.32 Å². The van der Waals surface area contributed by atoms with Gasteiger partial charge in [-0.3, -0.25) is 4.79 Å². The van der Waals surface area contributed by atoms with E-state index in [2.05, 4.69) is 10.3 Å². The number of amides is 1. The second-order valence-electron chi connectivity index (χ2n) is 6.97. The molecule has 0 aliphatic carbocycles. The number of sulfonamides is 1. The molecular weight excluding hydrogens is 383 g/mol. The maximum Gasteiger partial charge on any atom is 0.223 e. The topological polar surface area (TPSA) is 84.3 Å². The molecule has 28 heavy (non-hydrogen) atoms. The number of benzene rings is 1. The largest absolute Gasteiger partial charge is 0.356 e. The molecule has 1 amide bonds. The first-order valence-corrected chi connectivity index (χ1v) is 11.0. The van der Waals surface area contributed by atoms with Gasteiger partial charge in [-0.1, -0.05) is 18.2 Å². The number of nitrogens with one attached hydrogen (secondary N) is 1. The minimum Gasteiger partial charge on any atom is -0.356 e. The molecule has 152 valence electrons. The van der Waals surface area contributed by atoms with E-state index in [1.807, 2.05) is 10.8 Å². The Labute approximate surface area is 164 Å². The van der Waals surface area contributed by atoms with Crippen LogP contribution in [0.4, 0.5) is 4.39 Å². The molecule has 0 radical (unpaired) electrons. The van der Waals surface area contributed by atoms with Gasteiger partial charge in [0.2, 0.25) is 15.9 Å². The number of piperidine rings is 1. The quantitative estimate of drug-likeness (QED) is 0.675. The third-order valence-electron chi connectivity index (χ3n) is 4.97. The highest BCUT2D eigenvalue weighted by molar-refractivity contribution is 7.88. The van der Waals surface area contributed by atoms with Crippen LogP contribution in [0.25, 0.3) is 0 Å². The number of halogens is 1. The minimum atomic E-state index is -3.60. The second-order valence-corrected chi connectivity index (χ2v) is 8.93. The van der Waals surface area contributed by atoms with Crippen molar-refractivity contribution < 1.29 is 17.6 Å². The molecule has 0 bridgehead atoms. The molecule has 9 heteroatoms. The van der Waals surface area contributed by atoms with E-state index in [-0.39, 0.29) is 36.2 Å². The normalized spacial score (nSPS) is 16.2. The lowest BCUT2D eigenvalue weighted by Crippen LogP contribution is -2.43. The fourth-order valence-electron chi connectivity index (χ4n) is 3.34. The number of aromatic nitrogens is 2. The molecule has 1 aliphatic rings. The Morgan fingerprint density at radius 2 is 2.00 bits per heavy atom. The Hall–Kier alpha value is -2.26. The van der Waals surface area contributed by atoms with Gasteiger partial charge in [-0.15, -0.1) is 0 Å². The number of nitrogens with zero attached hydrogens (tertiary/aromatic N) is 3. The summed E-state index contributed by atoms with van der Waals surface area (Å²) < 4.78 is 42.2. The molecule has 1 aromatic heterocycles. The van der Waals surface area contributed by atoms with Crippen molar-refractivity contribution in [2.75, 3.05) is 19.6 Å². The number of carbonyl (C=O) groups excluding carboxylic acids is 1. The molecule has 2 heterocycles. The van der Waals surface area contributed by atoms with Crippen molar-refractivity contribution >= 4 is 15.9 Å². The van der Waals surface area contributed by atoms with Crippen LogP contribution in [0.15, 0.2) is 43.0 Å². The summed E-state index contributed by atoms with van der Waals surface area (Å²) in [5.41, 5.74) is 0.167. The number of rotatable bonds is 8. The number of hydrogen-bond acceptors (Lipinski definition) is 4. The number of carbonyl (C=O) groups is 1. The van der Waals surface area contributed by atoms with Crippen LogP contribution >= 0.6 is 0 Å². The third kappa shape index (κ3) is 5.39. The summed E-state index contributed by atoms with van der Waals surface area (Å²) in [6.07, 6.45) is 7.08. The average molecular weight is 408 g/mol. The van der Waals surface area contributed by atoms with Gasteiger partial charge in [-0.05, 0) is 25.3 Å². The summed E-state index contributed by atoms with van der Waals surface area (Å²) in [4.78, 5) is 16.3. The fourth-order valence-corrected chi connectivity index (χ4v) is 4.91. The predicted octanol–water partition coefficient (Wildman–Crippen LogP) is 1.77. The molecule has 1 fully saturated rings. The van der Waals surface area contributed by atoms with Gasteiger partial charge in [0.1, 0.15) is 5.82 Å². The molecule has 1 aromatic carbocycles. The summed E-state index contributed by atoms with van der Waals surface area (Å²) in [6, 6.07) is 5.90. The van der Waals surface area contributed by atoms with E-state index in [9.17, 15) is 17.6 Å². The molecule has 2 aromatic rings. The van der Waals surface area contributed by atoms with Crippen molar-refractivity contribution in [1.82, 2.24) is 19.2 Å². The summed E-state index contributed by atoms with van der Waals surface area (Å²) in [6.45, 7) is 1.92. The molecule has 0 unspecified atom stereocenters. The first-order chi connectivity index (χ1) is 13.5. The van der Waals surface area contributed by atoms with E-state index in [1.165, 1.54) is 22.5 Å². The first kappa shape index (κ1) is 20.5. The molecule has 0 saturated carbocycles. The highest BCUT2D eigenvalue weighted by Gasteiger charge is 2.31. The first-order valence-electron chi connectivity index (χ1n) is 9.40. The highest BCUT2D eigenvalue weighted by Crippen LogP contribution is 2.22. The van der Waals surface area contributed by atoms with Gasteiger partial charge in [0, 0.05) is 50.1 Å². The smallest absolute Gasteiger partial charge is 0.223 e. The summed E-state index contributed by atoms with van der Waals surface area (Å²) >= 11 is 0. The maximum atomic E-state index is 13.8. The lowest BCUT2D eigenvalue weighted by molar-refractivity contribution is -0.126. The predicted molar refractivity (Wildman–Crippen MR) is 103 cm³/mol. The minimum absolute atomic E-state index is 0.0308. The van der Waals surface area contributed by atoms with Crippen LogP contribution in [0.1, 0.15) is 24.8 Å². The summed E-state index contributed by atoms with van der Waals surface area (Å²) in [5, 5.41) is 2.93. The monoisotopic (exact) mass is 408 g/mol. The zero-order valence-electron chi connectivity index (χ0n) is 15.6. The van der Waals surface area contributed by atoms with Crippen LogP contribution in [-0.4, -0.2) is 47.8 Å². The SMILES string of the molecule is O=C(NCCCn1ccnc1)C1CCN(S(=O)(=O)Cc2ccccc2F)CC1. The second kappa shape index (κ2) is 9.29. The zero-order chi connectivity index (χ0) is 20.0. The lowest BCUT2D eigenvalue weighted by atomic mass is 9.97. The zero-order valence-corrected chi connectivity index (χ0v) is 16.4. The van der Waals surface area contributed by atoms with E-state index < -0.39 is 15.8 Å². The molecular formula is C19H25FN4O3S. The number of hydrogen-bond donors (Lipinski definition) is 1. The average Bonchev–Trinajstić information content (AvgIpc) is 3.20. The molecule has 0 atom stereocenters.